The minimum absolute atomic E-state index is 0.112. The summed E-state index contributed by atoms with van der Waals surface area (Å²) in [5, 5.41) is 0. The van der Waals surface area contributed by atoms with Gasteiger partial charge >= 0.3 is 17.9 Å². The Morgan fingerprint density at radius 3 is 0.901 bits per heavy atom. The summed E-state index contributed by atoms with van der Waals surface area (Å²) in [4.78, 5) is 38.2. The molecule has 0 amide bonds. The van der Waals surface area contributed by atoms with Gasteiger partial charge in [0.25, 0.3) is 0 Å². The van der Waals surface area contributed by atoms with Gasteiger partial charge < -0.3 is 14.2 Å². The van der Waals surface area contributed by atoms with Gasteiger partial charge in [0.15, 0.2) is 6.10 Å². The molecule has 6 heteroatoms. The second kappa shape index (κ2) is 58.4. The molecule has 0 saturated carbocycles. The van der Waals surface area contributed by atoms with E-state index in [0.717, 1.165) is 116 Å². The molecule has 0 aliphatic carbocycles. The van der Waals surface area contributed by atoms with Crippen molar-refractivity contribution >= 4 is 17.9 Å². The van der Waals surface area contributed by atoms with Crippen molar-refractivity contribution < 1.29 is 28.6 Å². The second-order valence-electron chi connectivity index (χ2n) is 18.8. The Hall–Kier alpha value is -4.19. The zero-order chi connectivity index (χ0) is 51.4. The predicted octanol–water partition coefficient (Wildman–Crippen LogP) is 19.6. The van der Waals surface area contributed by atoms with E-state index in [9.17, 15) is 14.4 Å². The first kappa shape index (κ1) is 66.8. The van der Waals surface area contributed by atoms with Gasteiger partial charge in [-0.2, -0.15) is 0 Å². The van der Waals surface area contributed by atoms with Gasteiger partial charge in [0.2, 0.25) is 0 Å². The quantitative estimate of drug-likeness (QED) is 0.0261. The van der Waals surface area contributed by atoms with Crippen molar-refractivity contribution in [2.24, 2.45) is 0 Å². The molecule has 0 N–H and O–H groups in total. The second-order valence-corrected chi connectivity index (χ2v) is 18.8. The van der Waals surface area contributed by atoms with Crippen LogP contribution in [-0.4, -0.2) is 37.2 Å². The molecule has 0 aromatic carbocycles. The Morgan fingerprint density at radius 2 is 0.549 bits per heavy atom. The van der Waals surface area contributed by atoms with E-state index >= 15 is 0 Å². The first-order valence-electron chi connectivity index (χ1n) is 29.0. The van der Waals surface area contributed by atoms with Gasteiger partial charge in [-0.1, -0.05) is 219 Å². The highest BCUT2D eigenvalue weighted by Gasteiger charge is 2.19. The molecule has 0 saturated heterocycles. The van der Waals surface area contributed by atoms with Crippen LogP contribution < -0.4 is 0 Å². The molecule has 0 fully saturated rings. The molecule has 0 unspecified atom stereocenters. The Labute approximate surface area is 437 Å². The normalized spacial score (nSPS) is 13.0. The Balaban J connectivity index is 4.52. The standard InChI is InChI=1S/C65H106O6/c1-4-7-10-13-16-19-22-25-28-30-32-34-37-40-43-46-49-52-55-58-64(67)70-61-62(60-69-63(66)57-54-51-48-45-42-39-36-27-24-21-18-15-12-9-6-3)71-65(68)59-56-53-50-47-44-41-38-35-33-31-29-26-23-20-17-14-11-8-5-2/h7,10,16-21,25-29,32,34,36,40,42-43,45,62H,4-6,8-9,11-15,22-24,30-31,33,35,37-39,41,44,46-61H2,1-3H3/b10-7-,19-16-,20-17-,21-18-,28-25-,29-26-,34-32-,36-27-,43-40-,45-42-/t62-/m1/s1. The highest BCUT2D eigenvalue weighted by molar-refractivity contribution is 5.71. The molecule has 0 rings (SSSR count). The molecule has 0 aromatic rings. The SMILES string of the molecule is CC/C=C\C/C=C\C/C=C\C/C=C\C/C=C\CCCCCC(=O)OC[C@@H](COC(=O)CCCC/C=C\C/C=C\C/C=C\CCCCC)OC(=O)CCCCCCCCCCC/C=C\C/C=C\CCCCC. The average Bonchev–Trinajstić information content (AvgIpc) is 3.37. The number of unbranched alkanes of at least 4 members (excludes halogenated alkanes) is 20. The minimum Gasteiger partial charge on any atom is -0.462 e. The lowest BCUT2D eigenvalue weighted by atomic mass is 10.1. The Kier molecular flexibility index (Phi) is 54.9. The summed E-state index contributed by atoms with van der Waals surface area (Å²) in [6.45, 7) is 6.41. The van der Waals surface area contributed by atoms with Crippen LogP contribution in [0.1, 0.15) is 252 Å². The molecule has 0 bridgehead atoms. The van der Waals surface area contributed by atoms with Crippen LogP contribution in [0.2, 0.25) is 0 Å². The molecule has 6 nitrogen and oxygen atoms in total. The fourth-order valence-corrected chi connectivity index (χ4v) is 7.56. The fourth-order valence-electron chi connectivity index (χ4n) is 7.56. The maximum atomic E-state index is 12.9. The van der Waals surface area contributed by atoms with Gasteiger partial charge in [0, 0.05) is 19.3 Å². The molecule has 0 radical (unpaired) electrons. The third-order valence-corrected chi connectivity index (χ3v) is 11.9. The van der Waals surface area contributed by atoms with E-state index in [1.807, 2.05) is 0 Å². The van der Waals surface area contributed by atoms with E-state index in [4.69, 9.17) is 14.2 Å². The molecular formula is C65H106O6. The number of ether oxygens (including phenoxy) is 3. The first-order chi connectivity index (χ1) is 35.0. The number of hydrogen-bond acceptors (Lipinski definition) is 6. The van der Waals surface area contributed by atoms with Crippen molar-refractivity contribution in [3.63, 3.8) is 0 Å². The molecule has 1 atom stereocenters. The van der Waals surface area contributed by atoms with E-state index in [0.29, 0.717) is 19.3 Å². The monoisotopic (exact) mass is 983 g/mol. The van der Waals surface area contributed by atoms with Crippen molar-refractivity contribution in [2.75, 3.05) is 13.2 Å². The van der Waals surface area contributed by atoms with Gasteiger partial charge in [0.05, 0.1) is 0 Å². The van der Waals surface area contributed by atoms with E-state index in [1.165, 1.54) is 96.3 Å². The van der Waals surface area contributed by atoms with Gasteiger partial charge in [-0.15, -0.1) is 0 Å². The lowest BCUT2D eigenvalue weighted by molar-refractivity contribution is -0.167. The molecule has 0 spiro atoms. The number of hydrogen-bond donors (Lipinski definition) is 0. The summed E-state index contributed by atoms with van der Waals surface area (Å²) >= 11 is 0. The third kappa shape index (κ3) is 56.6. The van der Waals surface area contributed by atoms with Crippen LogP contribution in [0.5, 0.6) is 0 Å². The average molecular weight is 984 g/mol. The first-order valence-corrected chi connectivity index (χ1v) is 29.0. The van der Waals surface area contributed by atoms with Crippen molar-refractivity contribution in [3.05, 3.63) is 122 Å². The van der Waals surface area contributed by atoms with Crippen molar-refractivity contribution in [1.82, 2.24) is 0 Å². The molecular weight excluding hydrogens is 877 g/mol. The number of rotatable bonds is 51. The van der Waals surface area contributed by atoms with Crippen molar-refractivity contribution in [3.8, 4) is 0 Å². The van der Waals surface area contributed by atoms with Crippen LogP contribution in [0.3, 0.4) is 0 Å². The van der Waals surface area contributed by atoms with Crippen LogP contribution in [0.15, 0.2) is 122 Å². The topological polar surface area (TPSA) is 78.9 Å². The smallest absolute Gasteiger partial charge is 0.306 e. The Morgan fingerprint density at radius 1 is 0.296 bits per heavy atom. The number of allylic oxidation sites excluding steroid dienone is 20. The maximum Gasteiger partial charge on any atom is 0.306 e. The van der Waals surface area contributed by atoms with Crippen molar-refractivity contribution in [1.29, 1.82) is 0 Å². The number of carbonyl (C=O) groups is 3. The largest absolute Gasteiger partial charge is 0.462 e. The van der Waals surface area contributed by atoms with Crippen LogP contribution in [0.25, 0.3) is 0 Å². The van der Waals surface area contributed by atoms with Gasteiger partial charge in [-0.05, 0) is 135 Å². The van der Waals surface area contributed by atoms with E-state index in [1.54, 1.807) is 0 Å². The Bertz CT molecular complexity index is 1500. The molecule has 0 aliphatic rings. The van der Waals surface area contributed by atoms with Gasteiger partial charge in [0.1, 0.15) is 13.2 Å². The highest BCUT2D eigenvalue weighted by Crippen LogP contribution is 2.14. The van der Waals surface area contributed by atoms with Crippen LogP contribution in [0, 0.1) is 0 Å². The summed E-state index contributed by atoms with van der Waals surface area (Å²) < 4.78 is 16.8. The molecule has 402 valence electrons. The lowest BCUT2D eigenvalue weighted by Crippen LogP contribution is -2.30. The van der Waals surface area contributed by atoms with E-state index < -0.39 is 6.10 Å². The summed E-state index contributed by atoms with van der Waals surface area (Å²) in [6.07, 6.45) is 80.4. The minimum atomic E-state index is -0.814. The summed E-state index contributed by atoms with van der Waals surface area (Å²) in [6, 6.07) is 0. The zero-order valence-corrected chi connectivity index (χ0v) is 45.9. The van der Waals surface area contributed by atoms with Gasteiger partial charge in [-0.25, -0.2) is 0 Å². The lowest BCUT2D eigenvalue weighted by Gasteiger charge is -2.18. The maximum absolute atomic E-state index is 12.9. The van der Waals surface area contributed by atoms with Crippen LogP contribution >= 0.6 is 0 Å². The van der Waals surface area contributed by atoms with E-state index in [2.05, 4.69) is 142 Å². The summed E-state index contributed by atoms with van der Waals surface area (Å²) in [5.74, 6) is -0.985. The molecule has 0 aliphatic heterocycles. The summed E-state index contributed by atoms with van der Waals surface area (Å²) in [7, 11) is 0. The highest BCUT2D eigenvalue weighted by atomic mass is 16.6. The number of esters is 3. The third-order valence-electron chi connectivity index (χ3n) is 11.9. The van der Waals surface area contributed by atoms with Crippen LogP contribution in [0.4, 0.5) is 0 Å². The summed E-state index contributed by atoms with van der Waals surface area (Å²) in [5.41, 5.74) is 0. The molecule has 71 heavy (non-hydrogen) atoms. The molecule has 0 heterocycles. The predicted molar refractivity (Wildman–Crippen MR) is 306 cm³/mol. The zero-order valence-electron chi connectivity index (χ0n) is 45.9. The van der Waals surface area contributed by atoms with Gasteiger partial charge in [-0.3, -0.25) is 14.4 Å². The van der Waals surface area contributed by atoms with Crippen LogP contribution in [-0.2, 0) is 28.6 Å². The fraction of sp³-hybridized carbons (Fsp3) is 0.646. The van der Waals surface area contributed by atoms with Crippen molar-refractivity contribution in [2.45, 2.75) is 258 Å². The molecule has 0 aromatic heterocycles. The van der Waals surface area contributed by atoms with E-state index in [-0.39, 0.29) is 31.1 Å². The number of carbonyl (C=O) groups excluding carboxylic acids is 3.